The first-order valence-corrected chi connectivity index (χ1v) is 12.1. The first-order valence-electron chi connectivity index (χ1n) is 7.23. The van der Waals surface area contributed by atoms with Crippen LogP contribution in [-0.4, -0.2) is 0 Å². The molecule has 0 fully saturated rings. The average Bonchev–Trinajstić information content (AvgIpc) is 2.30. The molecule has 18 heavy (non-hydrogen) atoms. The molecule has 2 heteroatoms. The van der Waals surface area contributed by atoms with Crippen LogP contribution in [0.1, 0.15) is 77.0 Å². The number of allylic oxidation sites excluding steroid dienone is 4. The van der Waals surface area contributed by atoms with Crippen LogP contribution in [0.3, 0.4) is 0 Å². The molecule has 0 unspecified atom stereocenters. The van der Waals surface area contributed by atoms with Crippen molar-refractivity contribution in [3.8, 4) is 0 Å². The van der Waals surface area contributed by atoms with Crippen LogP contribution in [0.4, 0.5) is 0 Å². The quantitative estimate of drug-likeness (QED) is 0.233. The van der Waals surface area contributed by atoms with Gasteiger partial charge in [0.15, 0.2) is 0 Å². The SMILES string of the molecule is [C-]1=CCCCCCC1.[C-]1=CCCCCCC1.[Rh+2][I]. The van der Waals surface area contributed by atoms with Crippen LogP contribution >= 0.6 is 19.8 Å². The van der Waals surface area contributed by atoms with Gasteiger partial charge < -0.3 is 12.2 Å². The summed E-state index contributed by atoms with van der Waals surface area (Å²) in [5.74, 6) is 0. The summed E-state index contributed by atoms with van der Waals surface area (Å²) in [6.07, 6.45) is 27.0. The van der Waals surface area contributed by atoms with Crippen molar-refractivity contribution in [3.05, 3.63) is 24.3 Å². The van der Waals surface area contributed by atoms with Crippen LogP contribution in [0, 0.1) is 12.2 Å². The van der Waals surface area contributed by atoms with Crippen LogP contribution in [0.15, 0.2) is 12.2 Å². The van der Waals surface area contributed by atoms with E-state index in [4.69, 9.17) is 0 Å². The molecule has 0 saturated heterocycles. The van der Waals surface area contributed by atoms with Crippen molar-refractivity contribution in [1.29, 1.82) is 0 Å². The fourth-order valence-corrected chi connectivity index (χ4v) is 2.06. The Morgan fingerprint density at radius 2 is 1.00 bits per heavy atom. The van der Waals surface area contributed by atoms with Gasteiger partial charge in [-0.1, -0.05) is 64.2 Å². The van der Waals surface area contributed by atoms with Crippen molar-refractivity contribution < 1.29 is 14.8 Å². The third-order valence-corrected chi connectivity index (χ3v) is 3.13. The van der Waals surface area contributed by atoms with Crippen molar-refractivity contribution in [1.82, 2.24) is 0 Å². The minimum absolute atomic E-state index is 1.19. The summed E-state index contributed by atoms with van der Waals surface area (Å²) >= 11 is 4.56. The number of hydrogen-bond donors (Lipinski definition) is 0. The van der Waals surface area contributed by atoms with Crippen LogP contribution < -0.4 is 0 Å². The molecule has 0 saturated carbocycles. The molecule has 2 aliphatic carbocycles. The summed E-state index contributed by atoms with van der Waals surface area (Å²) in [5.41, 5.74) is 0. The molecule has 0 bridgehead atoms. The Hall–Kier alpha value is 0.833. The van der Waals surface area contributed by atoms with E-state index < -0.39 is 0 Å². The first kappa shape index (κ1) is 18.8. The molecule has 0 aromatic heterocycles. The molecule has 0 heterocycles. The van der Waals surface area contributed by atoms with E-state index in [0.29, 0.717) is 0 Å². The molecule has 2 aliphatic rings. The van der Waals surface area contributed by atoms with E-state index in [-0.39, 0.29) is 0 Å². The van der Waals surface area contributed by atoms with Gasteiger partial charge >= 0.3 is 34.5 Å². The van der Waals surface area contributed by atoms with E-state index in [2.05, 4.69) is 39.1 Å². The molecule has 2 rings (SSSR count). The van der Waals surface area contributed by atoms with Crippen LogP contribution in [0.5, 0.6) is 0 Å². The van der Waals surface area contributed by atoms with Gasteiger partial charge in [0.25, 0.3) is 0 Å². The standard InChI is InChI=1S/2C8H13.HI.Rh/c2*1-2-4-6-8-7-5-3-1;;/h2*1H,2,4-8H2;1H;/q2*-1;;+3/p-1. The van der Waals surface area contributed by atoms with E-state index in [1.54, 1.807) is 0 Å². The zero-order chi connectivity index (χ0) is 13.3. The van der Waals surface area contributed by atoms with Crippen molar-refractivity contribution in [3.63, 3.8) is 0 Å². The molecule has 0 aliphatic heterocycles. The van der Waals surface area contributed by atoms with Gasteiger partial charge in [-0.15, -0.1) is 0 Å². The zero-order valence-electron chi connectivity index (χ0n) is 11.4. The first-order chi connectivity index (χ1) is 9.00. The third-order valence-electron chi connectivity index (χ3n) is 3.13. The number of halogens is 1. The molecule has 0 aromatic rings. The number of hydrogen-bond acceptors (Lipinski definition) is 0. The summed E-state index contributed by atoms with van der Waals surface area (Å²) in [5, 5.41) is 0. The van der Waals surface area contributed by atoms with Gasteiger partial charge in [0.05, 0.1) is 0 Å². The summed E-state index contributed by atoms with van der Waals surface area (Å²) in [6, 6.07) is 0. The Balaban J connectivity index is 0.000000283. The molecule has 0 spiro atoms. The normalized spacial score (nSPS) is 19.9. The molecule has 0 amide bonds. The predicted octanol–water partition coefficient (Wildman–Crippen LogP) is 6.28. The van der Waals surface area contributed by atoms with Crippen LogP contribution in [-0.2, 0) is 14.8 Å². The van der Waals surface area contributed by atoms with Crippen molar-refractivity contribution in [2.45, 2.75) is 77.0 Å². The Kier molecular flexibility index (Phi) is 18.7. The average molecular weight is 448 g/mol. The molecular weight excluding hydrogens is 422 g/mol. The Morgan fingerprint density at radius 3 is 1.44 bits per heavy atom. The van der Waals surface area contributed by atoms with Crippen LogP contribution in [0.2, 0.25) is 0 Å². The predicted molar refractivity (Wildman–Crippen MR) is 85.1 cm³/mol. The van der Waals surface area contributed by atoms with Crippen molar-refractivity contribution >= 4 is 19.8 Å². The second kappa shape index (κ2) is 17.8. The van der Waals surface area contributed by atoms with Crippen LogP contribution in [0.25, 0.3) is 0 Å². The second-order valence-corrected chi connectivity index (χ2v) is 4.72. The maximum atomic E-state index is 3.26. The van der Waals surface area contributed by atoms with Crippen molar-refractivity contribution in [2.75, 3.05) is 0 Å². The topological polar surface area (TPSA) is 0 Å². The van der Waals surface area contributed by atoms with E-state index in [0.717, 1.165) is 0 Å². The summed E-state index contributed by atoms with van der Waals surface area (Å²) in [4.78, 5) is 0. The van der Waals surface area contributed by atoms with E-state index >= 15 is 0 Å². The fraction of sp³-hybridized carbons (Fsp3) is 0.750. The third kappa shape index (κ3) is 14.9. The molecule has 0 N–H and O–H groups in total. The minimum atomic E-state index is 1.19. The summed E-state index contributed by atoms with van der Waals surface area (Å²) < 4.78 is 0. The van der Waals surface area contributed by atoms with Gasteiger partial charge in [-0.3, -0.25) is 12.2 Å². The maximum absolute atomic E-state index is 3.26. The molecule has 0 aromatic carbocycles. The van der Waals surface area contributed by atoms with E-state index in [9.17, 15) is 0 Å². The molecule has 0 radical (unpaired) electrons. The second-order valence-electron chi connectivity index (χ2n) is 4.72. The molecular formula is C16H26IRh. The van der Waals surface area contributed by atoms with E-state index in [1.165, 1.54) is 77.0 Å². The Morgan fingerprint density at radius 1 is 0.611 bits per heavy atom. The fourth-order valence-electron chi connectivity index (χ4n) is 2.06. The van der Waals surface area contributed by atoms with Crippen molar-refractivity contribution in [2.24, 2.45) is 0 Å². The molecule has 106 valence electrons. The monoisotopic (exact) mass is 448 g/mol. The van der Waals surface area contributed by atoms with Gasteiger partial charge in [-0.05, 0) is 0 Å². The van der Waals surface area contributed by atoms with E-state index in [1.807, 2.05) is 19.8 Å². The summed E-state index contributed by atoms with van der Waals surface area (Å²) in [7, 11) is 0. The van der Waals surface area contributed by atoms with Gasteiger partial charge in [0.1, 0.15) is 0 Å². The summed E-state index contributed by atoms with van der Waals surface area (Å²) in [6.45, 7) is 0. The molecule has 0 nitrogen and oxygen atoms in total. The van der Waals surface area contributed by atoms with Gasteiger partial charge in [-0.25, -0.2) is 0 Å². The Bertz CT molecular complexity index is 157. The zero-order valence-corrected chi connectivity index (χ0v) is 15.1. The molecule has 0 atom stereocenters. The van der Waals surface area contributed by atoms with Gasteiger partial charge in [0, 0.05) is 0 Å². The van der Waals surface area contributed by atoms with Gasteiger partial charge in [0.2, 0.25) is 0 Å². The number of rotatable bonds is 0. The van der Waals surface area contributed by atoms with Gasteiger partial charge in [-0.2, -0.15) is 12.8 Å². The Labute approximate surface area is 135 Å².